The van der Waals surface area contributed by atoms with Crippen LogP contribution in [0.5, 0.6) is 0 Å². The fourth-order valence-corrected chi connectivity index (χ4v) is 3.98. The molecule has 1 atom stereocenters. The highest BCUT2D eigenvalue weighted by Gasteiger charge is 2.29. The van der Waals surface area contributed by atoms with Crippen molar-refractivity contribution in [3.8, 4) is 0 Å². The second-order valence-electron chi connectivity index (χ2n) is 5.95. The van der Waals surface area contributed by atoms with Crippen molar-refractivity contribution in [3.63, 3.8) is 0 Å². The zero-order chi connectivity index (χ0) is 16.9. The van der Waals surface area contributed by atoms with Crippen LogP contribution in [0.1, 0.15) is 23.2 Å². The Labute approximate surface area is 136 Å². The third-order valence-corrected chi connectivity index (χ3v) is 5.31. The van der Waals surface area contributed by atoms with Crippen molar-refractivity contribution in [2.75, 3.05) is 44.0 Å². The standard InChI is InChI=1S/C14H23N5O3S/c1-19(2)6-3-5-15-14-16-8-11(9-17-14)13(20)18-12-4-7-23(21,22)10-12/h8-9,12H,3-7,10H2,1-2H3,(H,18,20)(H,15,16,17). The average Bonchev–Trinajstić information content (AvgIpc) is 2.83. The lowest BCUT2D eigenvalue weighted by atomic mass is 10.2. The molecule has 0 aliphatic carbocycles. The SMILES string of the molecule is CN(C)CCCNc1ncc(C(=O)NC2CCS(=O)(=O)C2)cn1. The van der Waals surface area contributed by atoms with Crippen LogP contribution in [0.25, 0.3) is 0 Å². The van der Waals surface area contributed by atoms with Crippen molar-refractivity contribution >= 4 is 21.7 Å². The van der Waals surface area contributed by atoms with Crippen molar-refractivity contribution in [1.82, 2.24) is 20.2 Å². The molecule has 1 aliphatic heterocycles. The number of hydrogen-bond donors (Lipinski definition) is 2. The summed E-state index contributed by atoms with van der Waals surface area (Å²) < 4.78 is 22.8. The molecule has 9 heteroatoms. The van der Waals surface area contributed by atoms with E-state index in [1.54, 1.807) is 0 Å². The van der Waals surface area contributed by atoms with Crippen LogP contribution in [0.2, 0.25) is 0 Å². The van der Waals surface area contributed by atoms with Crippen LogP contribution in [0, 0.1) is 0 Å². The van der Waals surface area contributed by atoms with E-state index in [2.05, 4.69) is 25.5 Å². The van der Waals surface area contributed by atoms with Crippen LogP contribution >= 0.6 is 0 Å². The smallest absolute Gasteiger partial charge is 0.254 e. The number of amides is 1. The van der Waals surface area contributed by atoms with Gasteiger partial charge >= 0.3 is 0 Å². The van der Waals surface area contributed by atoms with Crippen LogP contribution in [0.15, 0.2) is 12.4 Å². The van der Waals surface area contributed by atoms with E-state index in [1.165, 1.54) is 12.4 Å². The maximum atomic E-state index is 12.0. The molecule has 1 aromatic heterocycles. The van der Waals surface area contributed by atoms with Gasteiger partial charge in [0.15, 0.2) is 9.84 Å². The maximum absolute atomic E-state index is 12.0. The molecule has 0 aromatic carbocycles. The molecule has 0 bridgehead atoms. The topological polar surface area (TPSA) is 104 Å². The van der Waals surface area contributed by atoms with Crippen molar-refractivity contribution < 1.29 is 13.2 Å². The summed E-state index contributed by atoms with van der Waals surface area (Å²) in [6.07, 6.45) is 4.31. The molecule has 8 nitrogen and oxygen atoms in total. The van der Waals surface area contributed by atoms with Crippen molar-refractivity contribution in [1.29, 1.82) is 0 Å². The number of nitrogens with zero attached hydrogens (tertiary/aromatic N) is 3. The zero-order valence-electron chi connectivity index (χ0n) is 13.4. The van der Waals surface area contributed by atoms with Gasteiger partial charge in [0, 0.05) is 25.0 Å². The van der Waals surface area contributed by atoms with Gasteiger partial charge in [0.2, 0.25) is 5.95 Å². The Bertz CT molecular complexity index is 630. The summed E-state index contributed by atoms with van der Waals surface area (Å²) >= 11 is 0. The third kappa shape index (κ3) is 5.76. The predicted molar refractivity (Wildman–Crippen MR) is 88.2 cm³/mol. The molecule has 23 heavy (non-hydrogen) atoms. The molecule has 2 heterocycles. The number of nitrogens with one attached hydrogen (secondary N) is 2. The van der Waals surface area contributed by atoms with Gasteiger partial charge in [-0.1, -0.05) is 0 Å². The van der Waals surface area contributed by atoms with E-state index in [-0.39, 0.29) is 23.5 Å². The number of sulfone groups is 1. The zero-order valence-corrected chi connectivity index (χ0v) is 14.3. The van der Waals surface area contributed by atoms with Crippen molar-refractivity contribution in [2.45, 2.75) is 18.9 Å². The molecular formula is C14H23N5O3S. The van der Waals surface area contributed by atoms with Gasteiger partial charge in [0.25, 0.3) is 5.91 Å². The minimum absolute atomic E-state index is 0.00507. The second kappa shape index (κ2) is 7.69. The van der Waals surface area contributed by atoms with Crippen LogP contribution in [0.4, 0.5) is 5.95 Å². The Morgan fingerprint density at radius 3 is 2.61 bits per heavy atom. The fraction of sp³-hybridized carbons (Fsp3) is 0.643. The summed E-state index contributed by atoms with van der Waals surface area (Å²) in [6.45, 7) is 1.72. The van der Waals surface area contributed by atoms with E-state index in [1.807, 2.05) is 14.1 Å². The van der Waals surface area contributed by atoms with Crippen molar-refractivity contribution in [3.05, 3.63) is 18.0 Å². The molecule has 128 valence electrons. The normalized spacial score (nSPS) is 19.7. The number of anilines is 1. The molecule has 1 fully saturated rings. The lowest BCUT2D eigenvalue weighted by molar-refractivity contribution is 0.0940. The number of carbonyl (C=O) groups excluding carboxylic acids is 1. The summed E-state index contributed by atoms with van der Waals surface area (Å²) in [5.74, 6) is 0.269. The Kier molecular flexibility index (Phi) is 5.89. The molecule has 0 radical (unpaired) electrons. The monoisotopic (exact) mass is 341 g/mol. The minimum Gasteiger partial charge on any atom is -0.354 e. The Balaban J connectivity index is 1.81. The van der Waals surface area contributed by atoms with Crippen molar-refractivity contribution in [2.24, 2.45) is 0 Å². The van der Waals surface area contributed by atoms with Gasteiger partial charge in [-0.25, -0.2) is 18.4 Å². The number of hydrogen-bond acceptors (Lipinski definition) is 7. The molecule has 2 N–H and O–H groups in total. The first kappa shape index (κ1) is 17.6. The van der Waals surface area contributed by atoms with E-state index in [0.29, 0.717) is 17.9 Å². The second-order valence-corrected chi connectivity index (χ2v) is 8.18. The van der Waals surface area contributed by atoms with Crippen LogP contribution in [-0.4, -0.2) is 73.9 Å². The Morgan fingerprint density at radius 2 is 2.04 bits per heavy atom. The Morgan fingerprint density at radius 1 is 1.35 bits per heavy atom. The van der Waals surface area contributed by atoms with E-state index in [0.717, 1.165) is 19.5 Å². The van der Waals surface area contributed by atoms with Gasteiger partial charge in [-0.2, -0.15) is 0 Å². The molecule has 0 saturated carbocycles. The fourth-order valence-electron chi connectivity index (χ4n) is 2.31. The number of carbonyl (C=O) groups is 1. The van der Waals surface area contributed by atoms with E-state index >= 15 is 0 Å². The molecule has 1 aliphatic rings. The predicted octanol–water partition coefficient (Wildman–Crippen LogP) is -0.243. The lowest BCUT2D eigenvalue weighted by Gasteiger charge is -2.11. The van der Waals surface area contributed by atoms with Crippen LogP contribution in [0.3, 0.4) is 0 Å². The first-order valence-electron chi connectivity index (χ1n) is 7.58. The summed E-state index contributed by atoms with van der Waals surface area (Å²) in [6, 6.07) is -0.323. The molecule has 2 rings (SSSR count). The highest BCUT2D eigenvalue weighted by molar-refractivity contribution is 7.91. The van der Waals surface area contributed by atoms with Gasteiger partial charge in [-0.05, 0) is 33.5 Å². The van der Waals surface area contributed by atoms with E-state index < -0.39 is 9.84 Å². The number of rotatable bonds is 7. The summed E-state index contributed by atoms with van der Waals surface area (Å²) in [5, 5.41) is 5.80. The first-order chi connectivity index (χ1) is 10.9. The molecule has 1 unspecified atom stereocenters. The molecule has 1 aromatic rings. The largest absolute Gasteiger partial charge is 0.354 e. The first-order valence-corrected chi connectivity index (χ1v) is 9.40. The molecular weight excluding hydrogens is 318 g/mol. The lowest BCUT2D eigenvalue weighted by Crippen LogP contribution is -2.35. The third-order valence-electron chi connectivity index (χ3n) is 3.55. The van der Waals surface area contributed by atoms with Gasteiger partial charge in [-0.15, -0.1) is 0 Å². The molecule has 1 saturated heterocycles. The average molecular weight is 341 g/mol. The van der Waals surface area contributed by atoms with Crippen LogP contribution in [-0.2, 0) is 9.84 Å². The molecule has 0 spiro atoms. The summed E-state index contributed by atoms with van der Waals surface area (Å²) in [4.78, 5) is 22.4. The van der Waals surface area contributed by atoms with Gasteiger partial charge in [0.1, 0.15) is 0 Å². The summed E-state index contributed by atoms with van der Waals surface area (Å²) in [5.41, 5.74) is 0.327. The van der Waals surface area contributed by atoms with E-state index in [4.69, 9.17) is 0 Å². The highest BCUT2D eigenvalue weighted by atomic mass is 32.2. The van der Waals surface area contributed by atoms with E-state index in [9.17, 15) is 13.2 Å². The molecule has 1 amide bonds. The number of aromatic nitrogens is 2. The Hall–Kier alpha value is -1.74. The summed E-state index contributed by atoms with van der Waals surface area (Å²) in [7, 11) is 1.02. The van der Waals surface area contributed by atoms with Gasteiger partial charge in [0.05, 0.1) is 17.1 Å². The van der Waals surface area contributed by atoms with Gasteiger partial charge in [-0.3, -0.25) is 4.79 Å². The highest BCUT2D eigenvalue weighted by Crippen LogP contribution is 2.12. The van der Waals surface area contributed by atoms with Gasteiger partial charge < -0.3 is 15.5 Å². The maximum Gasteiger partial charge on any atom is 0.254 e. The quantitative estimate of drug-likeness (QED) is 0.659. The van der Waals surface area contributed by atoms with Crippen LogP contribution < -0.4 is 10.6 Å². The minimum atomic E-state index is -3.01.